The van der Waals surface area contributed by atoms with E-state index in [4.69, 9.17) is 0 Å². The summed E-state index contributed by atoms with van der Waals surface area (Å²) in [7, 11) is 2.05. The highest BCUT2D eigenvalue weighted by Crippen LogP contribution is 2.41. The molecule has 0 radical (unpaired) electrons. The smallest absolute Gasteiger partial charge is 0.407 e. The number of rotatable bonds is 4. The van der Waals surface area contributed by atoms with E-state index in [1.807, 2.05) is 0 Å². The van der Waals surface area contributed by atoms with Crippen LogP contribution < -0.4 is 9.47 Å². The van der Waals surface area contributed by atoms with Crippen LogP contribution in [0.2, 0.25) is 0 Å². The summed E-state index contributed by atoms with van der Waals surface area (Å²) in [4.78, 5) is 18.2. The maximum absolute atomic E-state index is 12.5. The molecule has 1 aromatic heterocycles. The zero-order chi connectivity index (χ0) is 16.4. The molecule has 0 aliphatic carbocycles. The first kappa shape index (κ1) is 17.0. The zero-order valence-corrected chi connectivity index (χ0v) is 10.5. The number of methoxy groups -OCH3 is 2. The van der Waals surface area contributed by atoms with Crippen LogP contribution in [-0.2, 0) is 0 Å². The molecule has 0 saturated carbocycles. The first-order valence-electron chi connectivity index (χ1n) is 5.15. The molecular weight excluding hydrogens is 310 g/mol. The molecule has 0 atom stereocenters. The van der Waals surface area contributed by atoms with Gasteiger partial charge in [-0.1, -0.05) is 0 Å². The van der Waals surface area contributed by atoms with Crippen molar-refractivity contribution >= 4 is 5.78 Å². The van der Waals surface area contributed by atoms with Gasteiger partial charge < -0.3 is 9.47 Å². The van der Waals surface area contributed by atoms with E-state index in [1.165, 1.54) is 0 Å². The fraction of sp³-hybridized carbons (Fsp3) is 0.500. The fourth-order valence-electron chi connectivity index (χ4n) is 1.39. The van der Waals surface area contributed by atoms with Crippen molar-refractivity contribution in [3.63, 3.8) is 0 Å². The number of Topliss-reactive ketones (excluding diaryl/α,β-unsaturated/α-hetero) is 1. The minimum Gasteiger partial charge on any atom is -0.480 e. The standard InChI is InChI=1S/C10H8F6N2O3/c1-20-4-3-17-5(8(18-4)21-2)6(19)7(9(11,12)13)10(14,15)16/h3,7H,1-2H3. The van der Waals surface area contributed by atoms with Gasteiger partial charge in [-0.15, -0.1) is 0 Å². The first-order chi connectivity index (χ1) is 9.52. The predicted molar refractivity (Wildman–Crippen MR) is 55.1 cm³/mol. The van der Waals surface area contributed by atoms with E-state index in [9.17, 15) is 31.1 Å². The molecular formula is C10H8F6N2O3. The lowest BCUT2D eigenvalue weighted by Crippen LogP contribution is -2.42. The normalized spacial score (nSPS) is 12.4. The second-order valence-corrected chi connectivity index (χ2v) is 3.65. The molecule has 1 rings (SSSR count). The number of carbonyl (C=O) groups is 1. The number of hydrogen-bond acceptors (Lipinski definition) is 5. The molecule has 0 N–H and O–H groups in total. The highest BCUT2D eigenvalue weighted by Gasteiger charge is 2.61. The predicted octanol–water partition coefficient (Wildman–Crippen LogP) is 2.42. The third-order valence-corrected chi connectivity index (χ3v) is 2.27. The highest BCUT2D eigenvalue weighted by molar-refractivity contribution is 5.99. The third kappa shape index (κ3) is 3.73. The maximum atomic E-state index is 12.5. The van der Waals surface area contributed by atoms with Crippen molar-refractivity contribution in [1.29, 1.82) is 0 Å². The van der Waals surface area contributed by atoms with Gasteiger partial charge in [0.25, 0.3) is 0 Å². The second-order valence-electron chi connectivity index (χ2n) is 3.65. The van der Waals surface area contributed by atoms with Crippen LogP contribution >= 0.6 is 0 Å². The third-order valence-electron chi connectivity index (χ3n) is 2.27. The summed E-state index contributed by atoms with van der Waals surface area (Å²) in [6, 6.07) is 0. The number of halogens is 6. The topological polar surface area (TPSA) is 61.3 Å². The van der Waals surface area contributed by atoms with E-state index >= 15 is 0 Å². The van der Waals surface area contributed by atoms with Crippen molar-refractivity contribution in [2.24, 2.45) is 5.92 Å². The molecule has 0 saturated heterocycles. The van der Waals surface area contributed by atoms with Gasteiger partial charge in [-0.2, -0.15) is 31.3 Å². The van der Waals surface area contributed by atoms with Crippen LogP contribution in [0.25, 0.3) is 0 Å². The second kappa shape index (κ2) is 5.74. The number of ether oxygens (including phenoxy) is 2. The summed E-state index contributed by atoms with van der Waals surface area (Å²) in [5.74, 6) is -7.54. The Morgan fingerprint density at radius 3 is 2.00 bits per heavy atom. The molecule has 0 fully saturated rings. The van der Waals surface area contributed by atoms with E-state index in [-0.39, 0.29) is 5.88 Å². The minimum absolute atomic E-state index is 0.237. The van der Waals surface area contributed by atoms with Crippen LogP contribution in [0.3, 0.4) is 0 Å². The SMILES string of the molecule is COc1cnc(C(=O)C(C(F)(F)F)C(F)(F)F)c(OC)n1. The fourth-order valence-corrected chi connectivity index (χ4v) is 1.39. The van der Waals surface area contributed by atoms with Gasteiger partial charge in [0.1, 0.15) is 0 Å². The van der Waals surface area contributed by atoms with Gasteiger partial charge in [-0.25, -0.2) is 4.98 Å². The van der Waals surface area contributed by atoms with Crippen LogP contribution in [0.15, 0.2) is 6.20 Å². The van der Waals surface area contributed by atoms with Crippen molar-refractivity contribution in [2.75, 3.05) is 14.2 Å². The van der Waals surface area contributed by atoms with Crippen molar-refractivity contribution < 1.29 is 40.6 Å². The van der Waals surface area contributed by atoms with Crippen LogP contribution in [0.4, 0.5) is 26.3 Å². The summed E-state index contributed by atoms with van der Waals surface area (Å²) in [5, 5.41) is 0. The molecule has 0 aliphatic heterocycles. The Morgan fingerprint density at radius 2 is 1.62 bits per heavy atom. The zero-order valence-electron chi connectivity index (χ0n) is 10.5. The van der Waals surface area contributed by atoms with Crippen molar-refractivity contribution in [3.05, 3.63) is 11.9 Å². The molecule has 0 aliphatic rings. The first-order valence-corrected chi connectivity index (χ1v) is 5.15. The molecule has 1 aromatic rings. The number of hydrogen-bond donors (Lipinski definition) is 0. The number of carbonyl (C=O) groups excluding carboxylic acids is 1. The molecule has 118 valence electrons. The molecule has 11 heteroatoms. The summed E-state index contributed by atoms with van der Waals surface area (Å²) in [6.45, 7) is 0. The van der Waals surface area contributed by atoms with Gasteiger partial charge in [0.15, 0.2) is 5.69 Å². The van der Waals surface area contributed by atoms with E-state index < -0.39 is 35.6 Å². The van der Waals surface area contributed by atoms with E-state index in [0.29, 0.717) is 6.20 Å². The lowest BCUT2D eigenvalue weighted by atomic mass is 10.0. The summed E-state index contributed by atoms with van der Waals surface area (Å²) < 4.78 is 83.9. The molecule has 0 spiro atoms. The Balaban J connectivity index is 3.34. The van der Waals surface area contributed by atoms with Crippen molar-refractivity contribution in [1.82, 2.24) is 9.97 Å². The Bertz CT molecular complexity index is 515. The van der Waals surface area contributed by atoms with Crippen LogP contribution in [0.5, 0.6) is 11.8 Å². The quantitative estimate of drug-likeness (QED) is 0.630. The van der Waals surface area contributed by atoms with Gasteiger partial charge >= 0.3 is 12.4 Å². The minimum atomic E-state index is -5.82. The lowest BCUT2D eigenvalue weighted by Gasteiger charge is -2.21. The van der Waals surface area contributed by atoms with Crippen LogP contribution in [0, 0.1) is 5.92 Å². The highest BCUT2D eigenvalue weighted by atomic mass is 19.4. The average Bonchev–Trinajstić information content (AvgIpc) is 2.34. The largest absolute Gasteiger partial charge is 0.480 e. The van der Waals surface area contributed by atoms with E-state index in [1.54, 1.807) is 0 Å². The Hall–Kier alpha value is -2.07. The Labute approximate surface area is 113 Å². The van der Waals surface area contributed by atoms with Crippen molar-refractivity contribution in [3.8, 4) is 11.8 Å². The molecule has 0 amide bonds. The van der Waals surface area contributed by atoms with Crippen LogP contribution in [0.1, 0.15) is 10.5 Å². The number of nitrogens with zero attached hydrogens (tertiary/aromatic N) is 2. The maximum Gasteiger partial charge on any atom is 0.407 e. The van der Waals surface area contributed by atoms with Gasteiger partial charge in [0, 0.05) is 0 Å². The Kier molecular flexibility index (Phi) is 4.64. The van der Waals surface area contributed by atoms with Crippen LogP contribution in [-0.4, -0.2) is 42.3 Å². The van der Waals surface area contributed by atoms with Gasteiger partial charge in [-0.05, 0) is 0 Å². The summed E-state index contributed by atoms with van der Waals surface area (Å²) in [5.41, 5.74) is -1.18. The molecule has 0 bridgehead atoms. The van der Waals surface area contributed by atoms with E-state index in [2.05, 4.69) is 19.4 Å². The summed E-state index contributed by atoms with van der Waals surface area (Å²) in [6.07, 6.45) is -10.9. The molecule has 21 heavy (non-hydrogen) atoms. The number of alkyl halides is 6. The summed E-state index contributed by atoms with van der Waals surface area (Å²) >= 11 is 0. The van der Waals surface area contributed by atoms with Gasteiger partial charge in [0.05, 0.1) is 20.4 Å². The molecule has 5 nitrogen and oxygen atoms in total. The Morgan fingerprint density at radius 1 is 1.10 bits per heavy atom. The lowest BCUT2D eigenvalue weighted by molar-refractivity contribution is -0.265. The van der Waals surface area contributed by atoms with Gasteiger partial charge in [0.2, 0.25) is 23.5 Å². The van der Waals surface area contributed by atoms with Crippen molar-refractivity contribution in [2.45, 2.75) is 12.4 Å². The monoisotopic (exact) mass is 318 g/mol. The molecule has 1 heterocycles. The molecule has 0 aromatic carbocycles. The molecule has 0 unspecified atom stereocenters. The average molecular weight is 318 g/mol. The van der Waals surface area contributed by atoms with Gasteiger partial charge in [-0.3, -0.25) is 4.79 Å². The van der Waals surface area contributed by atoms with E-state index in [0.717, 1.165) is 14.2 Å². The number of ketones is 1. The number of aromatic nitrogens is 2.